The molecular formula is C26H27NO4. The number of pyridine rings is 1. The smallest absolute Gasteiger partial charge is 0.335 e. The molecule has 0 amide bonds. The molecule has 3 rings (SSSR count). The van der Waals surface area contributed by atoms with E-state index >= 15 is 0 Å². The number of nitrogens with zero attached hydrogens (tertiary/aromatic N) is 1. The summed E-state index contributed by atoms with van der Waals surface area (Å²) in [5.74, 6) is 0.657. The van der Waals surface area contributed by atoms with Crippen LogP contribution in [0, 0.1) is 0 Å². The van der Waals surface area contributed by atoms with Crippen molar-refractivity contribution in [2.75, 3.05) is 13.2 Å². The molecule has 0 unspecified atom stereocenters. The lowest BCUT2D eigenvalue weighted by Crippen LogP contribution is -2.00. The first-order valence-corrected chi connectivity index (χ1v) is 10.5. The van der Waals surface area contributed by atoms with Crippen LogP contribution in [0.15, 0.2) is 73.1 Å². The van der Waals surface area contributed by atoms with Crippen molar-refractivity contribution in [1.29, 1.82) is 0 Å². The molecule has 0 spiro atoms. The van der Waals surface area contributed by atoms with E-state index in [9.17, 15) is 4.79 Å². The molecule has 5 heteroatoms. The van der Waals surface area contributed by atoms with Crippen LogP contribution in [0.4, 0.5) is 0 Å². The van der Waals surface area contributed by atoms with Crippen LogP contribution in [0.1, 0.15) is 47.2 Å². The van der Waals surface area contributed by atoms with Gasteiger partial charge in [0.1, 0.15) is 11.5 Å². The van der Waals surface area contributed by atoms with Crippen LogP contribution in [-0.4, -0.2) is 29.3 Å². The molecule has 160 valence electrons. The molecule has 1 N–H and O–H groups in total. The molecular weight excluding hydrogens is 390 g/mol. The second kappa shape index (κ2) is 12.2. The highest BCUT2D eigenvalue weighted by Crippen LogP contribution is 2.16. The second-order valence-electron chi connectivity index (χ2n) is 7.12. The van der Waals surface area contributed by atoms with Crippen LogP contribution in [0.3, 0.4) is 0 Å². The third kappa shape index (κ3) is 7.97. The Hall–Kier alpha value is -3.60. The van der Waals surface area contributed by atoms with Crippen molar-refractivity contribution in [3.63, 3.8) is 0 Å². The predicted octanol–water partition coefficient (Wildman–Crippen LogP) is 5.97. The van der Waals surface area contributed by atoms with Crippen molar-refractivity contribution in [3.05, 3.63) is 89.7 Å². The summed E-state index contributed by atoms with van der Waals surface area (Å²) in [7, 11) is 0. The standard InChI is InChI=1S/C26H27NO4/c28-26(29)23-9-13-25(14-10-23)31-20-4-2-1-3-19-30-24-11-7-21(8-12-24)5-6-22-15-17-27-18-16-22/h5-18H,1-4,19-20H2,(H,28,29). The van der Waals surface area contributed by atoms with Gasteiger partial charge in [0.15, 0.2) is 0 Å². The first kappa shape index (κ1) is 22.1. The summed E-state index contributed by atoms with van der Waals surface area (Å²) >= 11 is 0. The average Bonchev–Trinajstić information content (AvgIpc) is 2.81. The van der Waals surface area contributed by atoms with Gasteiger partial charge in [0.25, 0.3) is 0 Å². The van der Waals surface area contributed by atoms with Gasteiger partial charge in [-0.25, -0.2) is 4.79 Å². The normalized spacial score (nSPS) is 10.8. The molecule has 0 saturated carbocycles. The summed E-state index contributed by atoms with van der Waals surface area (Å²) in [5.41, 5.74) is 2.52. The fraction of sp³-hybridized carbons (Fsp3) is 0.231. The SMILES string of the molecule is O=C(O)c1ccc(OCCCCCCOc2ccc(C=Cc3ccncc3)cc2)cc1. The highest BCUT2D eigenvalue weighted by Gasteiger charge is 2.02. The first-order valence-electron chi connectivity index (χ1n) is 10.5. The van der Waals surface area contributed by atoms with Crippen molar-refractivity contribution in [3.8, 4) is 11.5 Å². The van der Waals surface area contributed by atoms with E-state index in [-0.39, 0.29) is 5.56 Å². The van der Waals surface area contributed by atoms with Crippen molar-refractivity contribution >= 4 is 18.1 Å². The van der Waals surface area contributed by atoms with E-state index in [1.165, 1.54) is 0 Å². The lowest BCUT2D eigenvalue weighted by molar-refractivity contribution is 0.0697. The van der Waals surface area contributed by atoms with Gasteiger partial charge in [0.2, 0.25) is 0 Å². The van der Waals surface area contributed by atoms with E-state index in [1.54, 1.807) is 36.7 Å². The lowest BCUT2D eigenvalue weighted by atomic mass is 10.1. The van der Waals surface area contributed by atoms with Crippen LogP contribution in [0.2, 0.25) is 0 Å². The number of benzene rings is 2. The van der Waals surface area contributed by atoms with Crippen LogP contribution < -0.4 is 9.47 Å². The molecule has 0 aliphatic heterocycles. The van der Waals surface area contributed by atoms with E-state index in [2.05, 4.69) is 17.1 Å². The molecule has 5 nitrogen and oxygen atoms in total. The molecule has 0 bridgehead atoms. The number of carbonyl (C=O) groups is 1. The topological polar surface area (TPSA) is 68.7 Å². The summed E-state index contributed by atoms with van der Waals surface area (Å²) in [5, 5.41) is 8.88. The summed E-state index contributed by atoms with van der Waals surface area (Å²) < 4.78 is 11.5. The maximum Gasteiger partial charge on any atom is 0.335 e. The molecule has 31 heavy (non-hydrogen) atoms. The fourth-order valence-electron chi connectivity index (χ4n) is 2.97. The molecule has 0 radical (unpaired) electrons. The fourth-order valence-corrected chi connectivity index (χ4v) is 2.97. The molecule has 0 aliphatic carbocycles. The predicted molar refractivity (Wildman–Crippen MR) is 122 cm³/mol. The van der Waals surface area contributed by atoms with Gasteiger partial charge in [0, 0.05) is 12.4 Å². The molecule has 0 saturated heterocycles. The van der Waals surface area contributed by atoms with Gasteiger partial charge in [-0.1, -0.05) is 24.3 Å². The Balaban J connectivity index is 1.25. The van der Waals surface area contributed by atoms with Crippen LogP contribution >= 0.6 is 0 Å². The Bertz CT molecular complexity index is 951. The van der Waals surface area contributed by atoms with Gasteiger partial charge in [-0.2, -0.15) is 0 Å². The van der Waals surface area contributed by atoms with Gasteiger partial charge >= 0.3 is 5.97 Å². The van der Waals surface area contributed by atoms with E-state index in [1.807, 2.05) is 36.4 Å². The number of unbranched alkanes of at least 4 members (excludes halogenated alkanes) is 3. The number of hydrogen-bond donors (Lipinski definition) is 1. The van der Waals surface area contributed by atoms with Crippen LogP contribution in [0.5, 0.6) is 11.5 Å². The van der Waals surface area contributed by atoms with Crippen molar-refractivity contribution in [2.24, 2.45) is 0 Å². The van der Waals surface area contributed by atoms with Gasteiger partial charge in [-0.05, 0) is 85.3 Å². The number of carboxylic acid groups (broad SMARTS) is 1. The maximum atomic E-state index is 10.8. The van der Waals surface area contributed by atoms with Crippen molar-refractivity contribution in [1.82, 2.24) is 4.98 Å². The highest BCUT2D eigenvalue weighted by molar-refractivity contribution is 5.87. The van der Waals surface area contributed by atoms with Gasteiger partial charge in [-0.15, -0.1) is 0 Å². The zero-order valence-corrected chi connectivity index (χ0v) is 17.4. The molecule has 1 heterocycles. The second-order valence-corrected chi connectivity index (χ2v) is 7.12. The Morgan fingerprint density at radius 1 is 0.710 bits per heavy atom. The number of aromatic nitrogens is 1. The van der Waals surface area contributed by atoms with Crippen molar-refractivity contribution in [2.45, 2.75) is 25.7 Å². The van der Waals surface area contributed by atoms with Crippen LogP contribution in [0.25, 0.3) is 12.2 Å². The third-order valence-corrected chi connectivity index (χ3v) is 4.73. The molecule has 0 fully saturated rings. The third-order valence-electron chi connectivity index (χ3n) is 4.73. The lowest BCUT2D eigenvalue weighted by Gasteiger charge is -2.08. The summed E-state index contributed by atoms with van der Waals surface area (Å²) in [6, 6.07) is 18.5. The van der Waals surface area contributed by atoms with Gasteiger partial charge in [-0.3, -0.25) is 4.98 Å². The van der Waals surface area contributed by atoms with Gasteiger partial charge in [0.05, 0.1) is 18.8 Å². The number of carboxylic acids is 1. The van der Waals surface area contributed by atoms with E-state index in [4.69, 9.17) is 14.6 Å². The average molecular weight is 418 g/mol. The molecule has 3 aromatic rings. The van der Waals surface area contributed by atoms with Crippen LogP contribution in [-0.2, 0) is 0 Å². The minimum atomic E-state index is -0.928. The number of rotatable bonds is 12. The Labute approximate surface area is 183 Å². The quantitative estimate of drug-likeness (QED) is 0.368. The molecule has 1 aromatic heterocycles. The highest BCUT2D eigenvalue weighted by atomic mass is 16.5. The monoisotopic (exact) mass is 417 g/mol. The van der Waals surface area contributed by atoms with E-state index in [0.717, 1.165) is 42.6 Å². The molecule has 0 aliphatic rings. The minimum Gasteiger partial charge on any atom is -0.494 e. The zero-order valence-electron chi connectivity index (χ0n) is 17.4. The maximum absolute atomic E-state index is 10.8. The number of aromatic carboxylic acids is 1. The largest absolute Gasteiger partial charge is 0.494 e. The summed E-state index contributed by atoms with van der Waals surface area (Å²) in [4.78, 5) is 14.8. The number of hydrogen-bond acceptors (Lipinski definition) is 4. The van der Waals surface area contributed by atoms with Crippen molar-refractivity contribution < 1.29 is 19.4 Å². The summed E-state index contributed by atoms with van der Waals surface area (Å²) in [6.45, 7) is 1.32. The molecule has 0 atom stereocenters. The minimum absolute atomic E-state index is 0.267. The zero-order chi connectivity index (χ0) is 21.7. The Morgan fingerprint density at radius 3 is 1.71 bits per heavy atom. The van der Waals surface area contributed by atoms with E-state index < -0.39 is 5.97 Å². The molecule has 2 aromatic carbocycles. The van der Waals surface area contributed by atoms with Gasteiger partial charge < -0.3 is 14.6 Å². The Kier molecular flexibility index (Phi) is 8.68. The first-order chi connectivity index (χ1) is 15.2. The summed E-state index contributed by atoms with van der Waals surface area (Å²) in [6.07, 6.45) is 11.8. The number of ether oxygens (including phenoxy) is 2. The van der Waals surface area contributed by atoms with E-state index in [0.29, 0.717) is 19.0 Å². The Morgan fingerprint density at radius 2 is 1.19 bits per heavy atom.